The first kappa shape index (κ1) is 17.4. The first-order chi connectivity index (χ1) is 12.2. The van der Waals surface area contributed by atoms with Crippen molar-refractivity contribution in [2.24, 2.45) is 0 Å². The van der Waals surface area contributed by atoms with Gasteiger partial charge in [0.15, 0.2) is 0 Å². The van der Waals surface area contributed by atoms with Gasteiger partial charge in [0.25, 0.3) is 0 Å². The van der Waals surface area contributed by atoms with Gasteiger partial charge in [0.2, 0.25) is 5.91 Å². The summed E-state index contributed by atoms with van der Waals surface area (Å²) in [6.45, 7) is 7.30. The van der Waals surface area contributed by atoms with Crippen molar-refractivity contribution in [2.75, 3.05) is 38.2 Å². The first-order valence-corrected chi connectivity index (χ1v) is 8.57. The van der Waals surface area contributed by atoms with Crippen molar-refractivity contribution in [1.82, 2.24) is 14.7 Å². The maximum atomic E-state index is 12.0. The molecule has 1 N–H and O–H groups in total. The van der Waals surface area contributed by atoms with Gasteiger partial charge in [-0.1, -0.05) is 29.8 Å². The third-order valence-corrected chi connectivity index (χ3v) is 4.12. The van der Waals surface area contributed by atoms with Crippen LogP contribution in [-0.2, 0) is 16.1 Å². The van der Waals surface area contributed by atoms with Gasteiger partial charge in [0.05, 0.1) is 31.6 Å². The molecule has 0 saturated carbocycles. The molecular weight excluding hydrogens is 316 g/mol. The van der Waals surface area contributed by atoms with Crippen molar-refractivity contribution in [3.05, 3.63) is 53.9 Å². The topological polar surface area (TPSA) is 59.4 Å². The highest BCUT2D eigenvalue weighted by atomic mass is 16.5. The van der Waals surface area contributed by atoms with Crippen molar-refractivity contribution in [1.29, 1.82) is 0 Å². The maximum absolute atomic E-state index is 12.0. The van der Waals surface area contributed by atoms with Crippen LogP contribution in [0, 0.1) is 6.92 Å². The molecule has 1 aliphatic rings. The summed E-state index contributed by atoms with van der Waals surface area (Å²) in [6.07, 6.45) is 6.89. The van der Waals surface area contributed by atoms with Crippen molar-refractivity contribution in [2.45, 2.75) is 13.5 Å². The van der Waals surface area contributed by atoms with Crippen LogP contribution in [0.25, 0.3) is 6.08 Å². The zero-order valence-electron chi connectivity index (χ0n) is 14.5. The Morgan fingerprint density at radius 2 is 2.16 bits per heavy atom. The van der Waals surface area contributed by atoms with Crippen LogP contribution in [0.4, 0.5) is 5.69 Å². The fraction of sp³-hybridized carbons (Fsp3) is 0.368. The number of benzene rings is 1. The highest BCUT2D eigenvalue weighted by molar-refractivity contribution is 6.01. The lowest BCUT2D eigenvalue weighted by atomic mass is 10.1. The summed E-state index contributed by atoms with van der Waals surface area (Å²) < 4.78 is 7.20. The summed E-state index contributed by atoms with van der Waals surface area (Å²) in [5.74, 6) is -0.158. The summed E-state index contributed by atoms with van der Waals surface area (Å²) in [4.78, 5) is 14.4. The number of aryl methyl sites for hydroxylation is 1. The van der Waals surface area contributed by atoms with Crippen LogP contribution in [0.3, 0.4) is 0 Å². The Hall–Kier alpha value is -2.44. The zero-order valence-corrected chi connectivity index (χ0v) is 14.5. The maximum Gasteiger partial charge on any atom is 0.248 e. The molecule has 6 nitrogen and oxygen atoms in total. The van der Waals surface area contributed by atoms with Gasteiger partial charge in [-0.2, -0.15) is 5.10 Å². The van der Waals surface area contributed by atoms with Crippen molar-refractivity contribution in [3.63, 3.8) is 0 Å². The summed E-state index contributed by atoms with van der Waals surface area (Å²) in [5.41, 5.74) is 2.89. The van der Waals surface area contributed by atoms with E-state index in [1.165, 1.54) is 5.56 Å². The van der Waals surface area contributed by atoms with Gasteiger partial charge in [-0.15, -0.1) is 0 Å². The lowest BCUT2D eigenvalue weighted by molar-refractivity contribution is -0.111. The summed E-state index contributed by atoms with van der Waals surface area (Å²) in [7, 11) is 0. The predicted octanol–water partition coefficient (Wildman–Crippen LogP) is 2.18. The highest BCUT2D eigenvalue weighted by Gasteiger charge is 2.10. The number of amides is 1. The van der Waals surface area contributed by atoms with E-state index in [4.69, 9.17) is 4.74 Å². The van der Waals surface area contributed by atoms with Crippen molar-refractivity contribution in [3.8, 4) is 0 Å². The first-order valence-electron chi connectivity index (χ1n) is 8.57. The fourth-order valence-corrected chi connectivity index (χ4v) is 2.75. The normalized spacial score (nSPS) is 15.6. The Morgan fingerprint density at radius 3 is 2.96 bits per heavy atom. The average molecular weight is 340 g/mol. The zero-order chi connectivity index (χ0) is 17.5. The molecule has 0 radical (unpaired) electrons. The molecule has 2 aromatic rings. The number of carbonyl (C=O) groups is 1. The van der Waals surface area contributed by atoms with Gasteiger partial charge in [0, 0.05) is 31.9 Å². The summed E-state index contributed by atoms with van der Waals surface area (Å²) in [6, 6.07) is 8.02. The molecule has 1 amide bonds. The Balaban J connectivity index is 1.47. The van der Waals surface area contributed by atoms with Gasteiger partial charge >= 0.3 is 0 Å². The molecule has 132 valence electrons. The van der Waals surface area contributed by atoms with Crippen LogP contribution in [0.5, 0.6) is 0 Å². The van der Waals surface area contributed by atoms with E-state index in [1.807, 2.05) is 48.1 Å². The van der Waals surface area contributed by atoms with Crippen LogP contribution in [0.2, 0.25) is 0 Å². The van der Waals surface area contributed by atoms with Crippen LogP contribution < -0.4 is 5.32 Å². The molecule has 0 aliphatic carbocycles. The van der Waals surface area contributed by atoms with Crippen molar-refractivity contribution >= 4 is 17.7 Å². The van der Waals surface area contributed by atoms with E-state index in [-0.39, 0.29) is 5.91 Å². The van der Waals surface area contributed by atoms with Crippen molar-refractivity contribution < 1.29 is 9.53 Å². The average Bonchev–Trinajstić information content (AvgIpc) is 3.06. The van der Waals surface area contributed by atoms with Crippen LogP contribution >= 0.6 is 0 Å². The number of aromatic nitrogens is 2. The van der Waals surface area contributed by atoms with Crippen LogP contribution in [0.15, 0.2) is 42.7 Å². The fourth-order valence-electron chi connectivity index (χ4n) is 2.75. The Morgan fingerprint density at radius 1 is 1.32 bits per heavy atom. The molecule has 0 bridgehead atoms. The lowest BCUT2D eigenvalue weighted by Gasteiger charge is -2.26. The standard InChI is InChI=1S/C19H24N4O2/c1-16-3-2-4-17(13-16)5-6-19(24)21-18-14-20-23(15-18)8-7-22-9-11-25-12-10-22/h2-6,13-15H,7-12H2,1H3,(H,21,24)/b6-5-. The van der Waals surface area contributed by atoms with E-state index in [0.29, 0.717) is 5.69 Å². The van der Waals surface area contributed by atoms with E-state index in [9.17, 15) is 4.79 Å². The van der Waals surface area contributed by atoms with E-state index in [2.05, 4.69) is 15.3 Å². The SMILES string of the molecule is Cc1cccc(/C=C\C(=O)Nc2cnn(CCN3CCOCC3)c2)c1. The molecule has 1 aromatic carbocycles. The molecule has 3 rings (SSSR count). The number of nitrogens with one attached hydrogen (secondary N) is 1. The number of rotatable bonds is 6. The largest absolute Gasteiger partial charge is 0.379 e. The van der Waals surface area contributed by atoms with E-state index in [1.54, 1.807) is 12.3 Å². The molecular formula is C19H24N4O2. The highest BCUT2D eigenvalue weighted by Crippen LogP contribution is 2.08. The van der Waals surface area contributed by atoms with E-state index >= 15 is 0 Å². The van der Waals surface area contributed by atoms with Gasteiger partial charge < -0.3 is 10.1 Å². The lowest BCUT2D eigenvalue weighted by Crippen LogP contribution is -2.38. The second kappa shape index (κ2) is 8.60. The van der Waals surface area contributed by atoms with Crippen LogP contribution in [0.1, 0.15) is 11.1 Å². The third kappa shape index (κ3) is 5.55. The number of carbonyl (C=O) groups excluding carboxylic acids is 1. The monoisotopic (exact) mass is 340 g/mol. The molecule has 6 heteroatoms. The Bertz CT molecular complexity index is 733. The number of morpholine rings is 1. The van der Waals surface area contributed by atoms with E-state index < -0.39 is 0 Å². The number of hydrogen-bond acceptors (Lipinski definition) is 4. The van der Waals surface area contributed by atoms with Gasteiger partial charge in [-0.3, -0.25) is 14.4 Å². The Labute approximate surface area is 148 Å². The van der Waals surface area contributed by atoms with Gasteiger partial charge in [0.1, 0.15) is 0 Å². The molecule has 25 heavy (non-hydrogen) atoms. The molecule has 1 fully saturated rings. The van der Waals surface area contributed by atoms with E-state index in [0.717, 1.165) is 45.0 Å². The number of ether oxygens (including phenoxy) is 1. The Kier molecular flexibility index (Phi) is 5.98. The predicted molar refractivity (Wildman–Crippen MR) is 98.3 cm³/mol. The van der Waals surface area contributed by atoms with Gasteiger partial charge in [-0.25, -0.2) is 0 Å². The molecule has 0 atom stereocenters. The third-order valence-electron chi connectivity index (χ3n) is 4.12. The number of anilines is 1. The summed E-state index contributed by atoms with van der Waals surface area (Å²) in [5, 5.41) is 7.15. The molecule has 2 heterocycles. The quantitative estimate of drug-likeness (QED) is 0.819. The number of nitrogens with zero attached hydrogens (tertiary/aromatic N) is 3. The second-order valence-electron chi connectivity index (χ2n) is 6.18. The minimum absolute atomic E-state index is 0.158. The molecule has 0 unspecified atom stereocenters. The molecule has 0 spiro atoms. The summed E-state index contributed by atoms with van der Waals surface area (Å²) >= 11 is 0. The second-order valence-corrected chi connectivity index (χ2v) is 6.18. The molecule has 1 aliphatic heterocycles. The molecule has 1 aromatic heterocycles. The minimum Gasteiger partial charge on any atom is -0.379 e. The minimum atomic E-state index is -0.158. The number of hydrogen-bond donors (Lipinski definition) is 1. The molecule has 1 saturated heterocycles. The van der Waals surface area contributed by atoms with Gasteiger partial charge in [-0.05, 0) is 18.6 Å². The smallest absolute Gasteiger partial charge is 0.248 e. The van der Waals surface area contributed by atoms with Crippen LogP contribution in [-0.4, -0.2) is 53.4 Å².